The van der Waals surface area contributed by atoms with Crippen molar-refractivity contribution in [3.8, 4) is 11.1 Å². The number of hydrogen-bond donors (Lipinski definition) is 1. The Labute approximate surface area is 270 Å². The number of carbonyl (C=O) groups excluding carboxylic acids is 3. The Morgan fingerprint density at radius 3 is 2.00 bits per heavy atom. The smallest absolute Gasteiger partial charge is 0.409 e. The highest BCUT2D eigenvalue weighted by Crippen LogP contribution is 2.44. The molecule has 0 spiro atoms. The molecular weight excluding hydrogens is 592 g/mol. The molecule has 4 rings (SSSR count). The molecule has 11 nitrogen and oxygen atoms in total. The molecule has 0 saturated carbocycles. The molecule has 1 aliphatic carbocycles. The van der Waals surface area contributed by atoms with Gasteiger partial charge in [-0.2, -0.15) is 0 Å². The highest BCUT2D eigenvalue weighted by atomic mass is 16.6. The average molecular weight is 639 g/mol. The van der Waals surface area contributed by atoms with E-state index in [0.717, 1.165) is 11.1 Å². The number of amides is 2. The van der Waals surface area contributed by atoms with Gasteiger partial charge in [0, 0.05) is 38.0 Å². The van der Waals surface area contributed by atoms with Crippen molar-refractivity contribution in [3.05, 3.63) is 59.7 Å². The summed E-state index contributed by atoms with van der Waals surface area (Å²) in [6, 6.07) is 16.2. The lowest BCUT2D eigenvalue weighted by Gasteiger charge is -2.38. The molecular formula is C35H46N2O9. The van der Waals surface area contributed by atoms with E-state index in [0.29, 0.717) is 32.5 Å². The highest BCUT2D eigenvalue weighted by Gasteiger charge is 2.32. The van der Waals surface area contributed by atoms with E-state index >= 15 is 0 Å². The fraction of sp³-hybridized carbons (Fsp3) is 0.543. The summed E-state index contributed by atoms with van der Waals surface area (Å²) in [5, 5.41) is 9.10. The van der Waals surface area contributed by atoms with E-state index in [1.54, 1.807) is 9.80 Å². The molecule has 250 valence electrons. The lowest BCUT2D eigenvalue weighted by atomic mass is 9.98. The summed E-state index contributed by atoms with van der Waals surface area (Å²) in [5.41, 5.74) is 4.11. The fourth-order valence-electron chi connectivity index (χ4n) is 5.95. The number of piperidine rings is 1. The summed E-state index contributed by atoms with van der Waals surface area (Å²) in [4.78, 5) is 52.3. The Balaban J connectivity index is 1.21. The Morgan fingerprint density at radius 1 is 0.826 bits per heavy atom. The molecule has 1 N–H and O–H groups in total. The Kier molecular flexibility index (Phi) is 12.6. The predicted molar refractivity (Wildman–Crippen MR) is 170 cm³/mol. The van der Waals surface area contributed by atoms with Gasteiger partial charge < -0.3 is 33.9 Å². The second-order valence-electron chi connectivity index (χ2n) is 12.6. The number of carboxylic acid groups (broad SMARTS) is 1. The summed E-state index contributed by atoms with van der Waals surface area (Å²) >= 11 is 0. The largest absolute Gasteiger partial charge is 0.481 e. The van der Waals surface area contributed by atoms with Gasteiger partial charge in [-0.15, -0.1) is 0 Å². The number of esters is 1. The van der Waals surface area contributed by atoms with Gasteiger partial charge in [-0.1, -0.05) is 48.5 Å². The van der Waals surface area contributed by atoms with Crippen molar-refractivity contribution in [2.24, 2.45) is 0 Å². The van der Waals surface area contributed by atoms with Crippen LogP contribution in [0.25, 0.3) is 11.1 Å². The van der Waals surface area contributed by atoms with Crippen LogP contribution in [-0.2, 0) is 33.3 Å². The Hall–Kier alpha value is -3.96. The molecule has 1 saturated heterocycles. The molecule has 0 radical (unpaired) electrons. The minimum absolute atomic E-state index is 0.0217. The number of nitrogens with zero attached hydrogens (tertiary/aromatic N) is 2. The van der Waals surface area contributed by atoms with E-state index in [2.05, 4.69) is 24.3 Å². The first kappa shape index (κ1) is 34.9. The minimum atomic E-state index is -1.03. The Bertz CT molecular complexity index is 1300. The van der Waals surface area contributed by atoms with Gasteiger partial charge in [-0.05, 0) is 55.9 Å². The molecule has 0 atom stereocenters. The number of benzene rings is 2. The van der Waals surface area contributed by atoms with Crippen LogP contribution in [0, 0.1) is 0 Å². The topological polar surface area (TPSA) is 132 Å². The summed E-state index contributed by atoms with van der Waals surface area (Å²) in [7, 11) is 0. The van der Waals surface area contributed by atoms with Crippen LogP contribution >= 0.6 is 0 Å². The zero-order chi connectivity index (χ0) is 33.1. The number of rotatable bonds is 15. The molecule has 1 fully saturated rings. The van der Waals surface area contributed by atoms with Crippen LogP contribution in [-0.4, -0.2) is 103 Å². The van der Waals surface area contributed by atoms with Gasteiger partial charge in [0.25, 0.3) is 0 Å². The second kappa shape index (κ2) is 16.6. The standard InChI is InChI=1S/C35H46N2O9/c1-35(2,3)46-33(41)16-20-43-22-23-44-21-19-37(31(38)12-13-32(39)40)25-14-17-36(18-15-25)34(42)45-24-30-28-10-6-4-8-26(28)27-9-5-7-11-29(27)30/h4-11,25,30H,12-24H2,1-3H3,(H,39,40). The highest BCUT2D eigenvalue weighted by molar-refractivity contribution is 5.81. The molecule has 1 heterocycles. The number of carboxylic acids is 1. The fourth-order valence-corrected chi connectivity index (χ4v) is 5.95. The summed E-state index contributed by atoms with van der Waals surface area (Å²) in [6.07, 6.45) is 0.528. The summed E-state index contributed by atoms with van der Waals surface area (Å²) < 4.78 is 22.2. The average Bonchev–Trinajstić information content (AvgIpc) is 3.34. The van der Waals surface area contributed by atoms with Crippen molar-refractivity contribution < 1.29 is 43.2 Å². The van der Waals surface area contributed by atoms with E-state index in [-0.39, 0.29) is 82.2 Å². The SMILES string of the molecule is CC(C)(C)OC(=O)CCOCCOCCN(C(=O)CCC(=O)O)C1CCN(C(=O)OCC2c3ccccc3-c3ccccc32)CC1. The third-order valence-electron chi connectivity index (χ3n) is 8.09. The van der Waals surface area contributed by atoms with E-state index in [1.165, 1.54) is 11.1 Å². The molecule has 2 aliphatic rings. The van der Waals surface area contributed by atoms with Gasteiger partial charge in [0.05, 0.1) is 39.3 Å². The maximum Gasteiger partial charge on any atom is 0.409 e. The van der Waals surface area contributed by atoms with Gasteiger partial charge in [0.2, 0.25) is 5.91 Å². The van der Waals surface area contributed by atoms with Crippen LogP contribution < -0.4 is 0 Å². The molecule has 46 heavy (non-hydrogen) atoms. The first-order valence-electron chi connectivity index (χ1n) is 16.0. The molecule has 1 aliphatic heterocycles. The van der Waals surface area contributed by atoms with Gasteiger partial charge in [0.15, 0.2) is 0 Å². The first-order chi connectivity index (χ1) is 22.0. The normalized spacial score (nSPS) is 14.8. The zero-order valence-corrected chi connectivity index (χ0v) is 27.1. The number of ether oxygens (including phenoxy) is 4. The lowest BCUT2D eigenvalue weighted by Crippen LogP contribution is -2.50. The molecule has 2 aromatic carbocycles. The summed E-state index contributed by atoms with van der Waals surface area (Å²) in [6.45, 7) is 7.87. The van der Waals surface area contributed by atoms with Gasteiger partial charge in [-0.25, -0.2) is 4.79 Å². The lowest BCUT2D eigenvalue weighted by molar-refractivity contribution is -0.156. The van der Waals surface area contributed by atoms with Crippen molar-refractivity contribution in [2.45, 2.75) is 70.4 Å². The quantitative estimate of drug-likeness (QED) is 0.215. The minimum Gasteiger partial charge on any atom is -0.481 e. The number of likely N-dealkylation sites (tertiary alicyclic amines) is 1. The molecule has 11 heteroatoms. The second-order valence-corrected chi connectivity index (χ2v) is 12.6. The maximum absolute atomic E-state index is 13.1. The summed E-state index contributed by atoms with van der Waals surface area (Å²) in [5.74, 6) is -1.63. The molecule has 0 bridgehead atoms. The van der Waals surface area contributed by atoms with E-state index in [1.807, 2.05) is 45.0 Å². The van der Waals surface area contributed by atoms with Crippen LogP contribution in [0.5, 0.6) is 0 Å². The van der Waals surface area contributed by atoms with Crippen LogP contribution in [0.2, 0.25) is 0 Å². The van der Waals surface area contributed by atoms with Crippen molar-refractivity contribution in [3.63, 3.8) is 0 Å². The third-order valence-corrected chi connectivity index (χ3v) is 8.09. The number of fused-ring (bicyclic) bond motifs is 3. The van der Waals surface area contributed by atoms with Gasteiger partial charge >= 0.3 is 18.0 Å². The maximum atomic E-state index is 13.1. The van der Waals surface area contributed by atoms with E-state index in [4.69, 9.17) is 24.1 Å². The van der Waals surface area contributed by atoms with E-state index < -0.39 is 11.6 Å². The van der Waals surface area contributed by atoms with Gasteiger partial charge in [0.1, 0.15) is 12.2 Å². The van der Waals surface area contributed by atoms with Crippen molar-refractivity contribution in [1.29, 1.82) is 0 Å². The van der Waals surface area contributed by atoms with Crippen LogP contribution in [0.1, 0.15) is 69.9 Å². The zero-order valence-electron chi connectivity index (χ0n) is 27.1. The molecule has 2 aromatic rings. The first-order valence-corrected chi connectivity index (χ1v) is 16.0. The monoisotopic (exact) mass is 638 g/mol. The van der Waals surface area contributed by atoms with Crippen molar-refractivity contribution in [1.82, 2.24) is 9.80 Å². The number of carbonyl (C=O) groups is 4. The third kappa shape index (κ3) is 10.0. The van der Waals surface area contributed by atoms with Crippen LogP contribution in [0.15, 0.2) is 48.5 Å². The number of hydrogen-bond acceptors (Lipinski definition) is 8. The van der Waals surface area contributed by atoms with Crippen LogP contribution in [0.4, 0.5) is 4.79 Å². The molecule has 0 unspecified atom stereocenters. The van der Waals surface area contributed by atoms with Gasteiger partial charge in [-0.3, -0.25) is 14.4 Å². The Morgan fingerprint density at radius 2 is 1.41 bits per heavy atom. The molecule has 0 aromatic heterocycles. The number of aliphatic carboxylic acids is 1. The molecule has 2 amide bonds. The predicted octanol–water partition coefficient (Wildman–Crippen LogP) is 4.86. The van der Waals surface area contributed by atoms with Crippen LogP contribution in [0.3, 0.4) is 0 Å². The van der Waals surface area contributed by atoms with E-state index in [9.17, 15) is 19.2 Å². The van der Waals surface area contributed by atoms with Crippen molar-refractivity contribution >= 4 is 23.9 Å². The van der Waals surface area contributed by atoms with Crippen molar-refractivity contribution in [2.75, 3.05) is 52.7 Å².